The Morgan fingerprint density at radius 2 is 2.03 bits per heavy atom. The zero-order valence-corrected chi connectivity index (χ0v) is 15.7. The molecule has 1 spiro atoms. The molecule has 1 aromatic carbocycles. The molecule has 29 heavy (non-hydrogen) atoms. The lowest BCUT2D eigenvalue weighted by Gasteiger charge is -2.42. The number of anilines is 1. The van der Waals surface area contributed by atoms with Crippen LogP contribution in [0.15, 0.2) is 42.9 Å². The highest BCUT2D eigenvalue weighted by molar-refractivity contribution is 5.99. The maximum atomic E-state index is 13.5. The van der Waals surface area contributed by atoms with Crippen LogP contribution in [0.2, 0.25) is 0 Å². The maximum Gasteiger partial charge on any atom is 0.270 e. The topological polar surface area (TPSA) is 80.9 Å². The fourth-order valence-electron chi connectivity index (χ4n) is 4.52. The van der Waals surface area contributed by atoms with Gasteiger partial charge in [-0.15, -0.1) is 0 Å². The van der Waals surface area contributed by atoms with Gasteiger partial charge in [-0.3, -0.25) is 4.79 Å². The second-order valence-electron chi connectivity index (χ2n) is 7.95. The van der Waals surface area contributed by atoms with Crippen molar-refractivity contribution in [1.82, 2.24) is 24.8 Å². The normalized spacial score (nSPS) is 18.1. The van der Waals surface area contributed by atoms with Gasteiger partial charge in [0.05, 0.1) is 10.9 Å². The average Bonchev–Trinajstić information content (AvgIpc) is 3.16. The van der Waals surface area contributed by atoms with E-state index in [1.54, 1.807) is 12.4 Å². The SMILES string of the molecule is O=C(c1cc2ccc(F)cc2[nH]1)N1CCN(c2ncnc3[nH]ccc23)CC12CC2. The van der Waals surface area contributed by atoms with E-state index in [4.69, 9.17) is 0 Å². The summed E-state index contributed by atoms with van der Waals surface area (Å²) in [6.07, 6.45) is 5.40. The summed E-state index contributed by atoms with van der Waals surface area (Å²) in [5.74, 6) is 0.579. The van der Waals surface area contributed by atoms with Crippen molar-refractivity contribution in [3.05, 3.63) is 54.4 Å². The number of nitrogens with one attached hydrogen (secondary N) is 2. The number of rotatable bonds is 2. The highest BCUT2D eigenvalue weighted by atomic mass is 19.1. The highest BCUT2D eigenvalue weighted by Crippen LogP contribution is 2.46. The van der Waals surface area contributed by atoms with Gasteiger partial charge in [0.25, 0.3) is 5.91 Å². The van der Waals surface area contributed by atoms with Crippen molar-refractivity contribution in [2.24, 2.45) is 0 Å². The molecule has 1 aliphatic heterocycles. The molecule has 7 nitrogen and oxygen atoms in total. The lowest BCUT2D eigenvalue weighted by atomic mass is 10.1. The van der Waals surface area contributed by atoms with Crippen LogP contribution in [0.25, 0.3) is 21.9 Å². The van der Waals surface area contributed by atoms with Crippen molar-refractivity contribution in [1.29, 1.82) is 0 Å². The predicted molar refractivity (Wildman–Crippen MR) is 107 cm³/mol. The van der Waals surface area contributed by atoms with Gasteiger partial charge in [-0.05, 0) is 43.2 Å². The van der Waals surface area contributed by atoms with E-state index < -0.39 is 0 Å². The molecule has 8 heteroatoms. The minimum absolute atomic E-state index is 0.0202. The molecular weight excluding hydrogens is 371 g/mol. The Kier molecular flexibility index (Phi) is 3.30. The van der Waals surface area contributed by atoms with Gasteiger partial charge in [-0.1, -0.05) is 0 Å². The third-order valence-electron chi connectivity index (χ3n) is 6.17. The van der Waals surface area contributed by atoms with E-state index in [9.17, 15) is 9.18 Å². The van der Waals surface area contributed by atoms with Crippen LogP contribution < -0.4 is 4.90 Å². The van der Waals surface area contributed by atoms with E-state index in [2.05, 4.69) is 24.8 Å². The molecule has 0 bridgehead atoms. The number of amides is 1. The number of fused-ring (bicyclic) bond motifs is 2. The van der Waals surface area contributed by atoms with Gasteiger partial charge in [-0.2, -0.15) is 0 Å². The molecule has 0 radical (unpaired) electrons. The summed E-state index contributed by atoms with van der Waals surface area (Å²) in [6, 6.07) is 8.34. The third kappa shape index (κ3) is 2.52. The summed E-state index contributed by atoms with van der Waals surface area (Å²) in [6.45, 7) is 2.09. The number of nitrogens with zero attached hydrogens (tertiary/aromatic N) is 4. The summed E-state index contributed by atoms with van der Waals surface area (Å²) in [4.78, 5) is 32.5. The number of piperazine rings is 1. The zero-order valence-electron chi connectivity index (χ0n) is 15.7. The third-order valence-corrected chi connectivity index (χ3v) is 6.17. The van der Waals surface area contributed by atoms with Crippen LogP contribution in [0.3, 0.4) is 0 Å². The summed E-state index contributed by atoms with van der Waals surface area (Å²) >= 11 is 0. The van der Waals surface area contributed by atoms with Gasteiger partial charge in [0.1, 0.15) is 29.3 Å². The number of hydrogen-bond donors (Lipinski definition) is 2. The molecule has 0 unspecified atom stereocenters. The first-order chi connectivity index (χ1) is 14.1. The molecule has 1 aliphatic carbocycles. The Morgan fingerprint density at radius 1 is 1.14 bits per heavy atom. The minimum Gasteiger partial charge on any atom is -0.352 e. The summed E-state index contributed by atoms with van der Waals surface area (Å²) < 4.78 is 13.5. The zero-order chi connectivity index (χ0) is 19.6. The molecule has 1 saturated carbocycles. The van der Waals surface area contributed by atoms with Crippen LogP contribution in [-0.4, -0.2) is 55.9 Å². The molecule has 2 fully saturated rings. The number of halogens is 1. The second-order valence-corrected chi connectivity index (χ2v) is 7.95. The Balaban J connectivity index is 1.29. The van der Waals surface area contributed by atoms with Crippen molar-refractivity contribution in [2.45, 2.75) is 18.4 Å². The first kappa shape index (κ1) is 16.5. The fourth-order valence-corrected chi connectivity index (χ4v) is 4.52. The molecule has 1 saturated heterocycles. The number of aromatic amines is 2. The fraction of sp³-hybridized carbons (Fsp3) is 0.286. The quantitative estimate of drug-likeness (QED) is 0.551. The molecular formula is C21H19FN6O. The minimum atomic E-state index is -0.313. The second kappa shape index (κ2) is 5.79. The highest BCUT2D eigenvalue weighted by Gasteiger charge is 2.53. The van der Waals surface area contributed by atoms with Crippen LogP contribution in [0.1, 0.15) is 23.3 Å². The summed E-state index contributed by atoms with van der Waals surface area (Å²) in [7, 11) is 0. The lowest BCUT2D eigenvalue weighted by molar-refractivity contribution is 0.0619. The standard InChI is InChI=1S/C21H19FN6O/c22-14-2-1-13-9-17(26-16(13)10-14)20(29)28-8-7-27(11-21(28)4-5-21)19-15-3-6-23-18(15)24-12-25-19/h1-3,6,9-10,12,26H,4-5,7-8,11H2,(H,23,24,25). The molecule has 0 atom stereocenters. The van der Waals surface area contributed by atoms with Gasteiger partial charge in [-0.25, -0.2) is 14.4 Å². The Bertz CT molecular complexity index is 1260. The van der Waals surface area contributed by atoms with Crippen molar-refractivity contribution in [2.75, 3.05) is 24.5 Å². The van der Waals surface area contributed by atoms with Crippen molar-refractivity contribution >= 4 is 33.7 Å². The van der Waals surface area contributed by atoms with E-state index in [0.29, 0.717) is 24.3 Å². The number of carbonyl (C=O) groups excluding carboxylic acids is 1. The van der Waals surface area contributed by atoms with Crippen LogP contribution in [0.5, 0.6) is 0 Å². The van der Waals surface area contributed by atoms with Crippen molar-refractivity contribution < 1.29 is 9.18 Å². The van der Waals surface area contributed by atoms with Crippen LogP contribution >= 0.6 is 0 Å². The van der Waals surface area contributed by atoms with Gasteiger partial charge in [0, 0.05) is 36.7 Å². The molecule has 4 heterocycles. The van der Waals surface area contributed by atoms with E-state index in [0.717, 1.165) is 41.6 Å². The van der Waals surface area contributed by atoms with E-state index in [-0.39, 0.29) is 17.3 Å². The first-order valence-electron chi connectivity index (χ1n) is 9.76. The van der Waals surface area contributed by atoms with Crippen LogP contribution in [0, 0.1) is 5.82 Å². The van der Waals surface area contributed by atoms with E-state index >= 15 is 0 Å². The van der Waals surface area contributed by atoms with Gasteiger partial charge in [0.2, 0.25) is 0 Å². The average molecular weight is 390 g/mol. The summed E-state index contributed by atoms with van der Waals surface area (Å²) in [5, 5.41) is 1.84. The Labute approximate surface area is 165 Å². The smallest absolute Gasteiger partial charge is 0.270 e. The predicted octanol–water partition coefficient (Wildman–Crippen LogP) is 3.07. The molecule has 4 aromatic rings. The number of benzene rings is 1. The number of hydrogen-bond acceptors (Lipinski definition) is 4. The summed E-state index contributed by atoms with van der Waals surface area (Å²) in [5.41, 5.74) is 1.82. The van der Waals surface area contributed by atoms with Crippen molar-refractivity contribution in [3.8, 4) is 0 Å². The van der Waals surface area contributed by atoms with Crippen LogP contribution in [0.4, 0.5) is 10.2 Å². The number of carbonyl (C=O) groups is 1. The van der Waals surface area contributed by atoms with E-state index in [1.165, 1.54) is 12.1 Å². The van der Waals surface area contributed by atoms with Gasteiger partial charge < -0.3 is 19.8 Å². The lowest BCUT2D eigenvalue weighted by Crippen LogP contribution is -2.57. The molecule has 6 rings (SSSR count). The van der Waals surface area contributed by atoms with Gasteiger partial charge >= 0.3 is 0 Å². The maximum absolute atomic E-state index is 13.5. The Hall–Kier alpha value is -3.42. The molecule has 2 aliphatic rings. The van der Waals surface area contributed by atoms with Crippen molar-refractivity contribution in [3.63, 3.8) is 0 Å². The van der Waals surface area contributed by atoms with E-state index in [1.807, 2.05) is 23.2 Å². The first-order valence-corrected chi connectivity index (χ1v) is 9.76. The Morgan fingerprint density at radius 3 is 2.90 bits per heavy atom. The number of H-pyrrole nitrogens is 2. The largest absolute Gasteiger partial charge is 0.352 e. The monoisotopic (exact) mass is 390 g/mol. The molecule has 3 aromatic heterocycles. The number of aromatic nitrogens is 4. The molecule has 2 N–H and O–H groups in total. The molecule has 146 valence electrons. The molecule has 1 amide bonds. The van der Waals surface area contributed by atoms with Crippen LogP contribution in [-0.2, 0) is 0 Å². The van der Waals surface area contributed by atoms with Gasteiger partial charge in [0.15, 0.2) is 0 Å².